The molecule has 0 aliphatic carbocycles. The molecule has 2 aromatic carbocycles. The zero-order valence-electron chi connectivity index (χ0n) is 15.0. The van der Waals surface area contributed by atoms with Gasteiger partial charge in [-0.1, -0.05) is 30.3 Å². The van der Waals surface area contributed by atoms with Gasteiger partial charge in [0, 0.05) is 23.0 Å². The zero-order valence-corrected chi connectivity index (χ0v) is 15.0. The molecule has 0 bridgehead atoms. The second-order valence-electron chi connectivity index (χ2n) is 6.01. The summed E-state index contributed by atoms with van der Waals surface area (Å²) < 4.78 is 14.6. The van der Waals surface area contributed by atoms with Crippen molar-refractivity contribution in [1.82, 2.24) is 4.73 Å². The van der Waals surface area contributed by atoms with Crippen LogP contribution in [0, 0.1) is 5.82 Å². The summed E-state index contributed by atoms with van der Waals surface area (Å²) in [6, 6.07) is 15.3. The average Bonchev–Trinajstić information content (AvgIpc) is 2.68. The Hall–Kier alpha value is -3.74. The van der Waals surface area contributed by atoms with Crippen LogP contribution in [0.2, 0.25) is 0 Å². The Kier molecular flexibility index (Phi) is 5.64. The minimum atomic E-state index is -0.681. The summed E-state index contributed by atoms with van der Waals surface area (Å²) in [6.45, 7) is 1.25. The molecule has 0 unspecified atom stereocenters. The molecule has 142 valence electrons. The summed E-state index contributed by atoms with van der Waals surface area (Å²) in [5.41, 5.74) is 0.282. The fourth-order valence-corrected chi connectivity index (χ4v) is 2.52. The lowest BCUT2D eigenvalue weighted by Crippen LogP contribution is -2.32. The highest BCUT2D eigenvalue weighted by molar-refractivity contribution is 6.04. The fraction of sp³-hybridized carbons (Fsp3) is 0.0952. The number of nitrogens with one attached hydrogen (secondary N) is 1. The van der Waals surface area contributed by atoms with Gasteiger partial charge in [0.25, 0.3) is 11.5 Å². The Balaban J connectivity index is 1.77. The van der Waals surface area contributed by atoms with E-state index in [1.54, 1.807) is 36.4 Å². The molecule has 0 radical (unpaired) electrons. The van der Waals surface area contributed by atoms with E-state index in [1.807, 2.05) is 0 Å². The molecule has 3 rings (SSSR count). The first kappa shape index (κ1) is 19.0. The van der Waals surface area contributed by atoms with Crippen molar-refractivity contribution in [3.63, 3.8) is 0 Å². The number of hydrogen-bond acceptors (Lipinski definition) is 4. The number of halogens is 1. The Morgan fingerprint density at radius 3 is 2.61 bits per heavy atom. The highest BCUT2D eigenvalue weighted by Gasteiger charge is 2.14. The maximum atomic E-state index is 13.7. The quantitative estimate of drug-likeness (QED) is 0.667. The number of anilines is 1. The van der Waals surface area contributed by atoms with E-state index < -0.39 is 17.3 Å². The zero-order chi connectivity index (χ0) is 20.1. The van der Waals surface area contributed by atoms with Crippen LogP contribution in [-0.4, -0.2) is 16.4 Å². The Morgan fingerprint density at radius 2 is 1.86 bits per heavy atom. The number of amides is 1. The van der Waals surface area contributed by atoms with Gasteiger partial charge in [0.1, 0.15) is 18.0 Å². The number of rotatable bonds is 6. The third-order valence-corrected chi connectivity index (χ3v) is 4.00. The van der Waals surface area contributed by atoms with E-state index in [-0.39, 0.29) is 23.5 Å². The van der Waals surface area contributed by atoms with E-state index in [9.17, 15) is 18.8 Å². The predicted octanol–water partition coefficient (Wildman–Crippen LogP) is 3.07. The van der Waals surface area contributed by atoms with Gasteiger partial charge in [-0.05, 0) is 37.3 Å². The lowest BCUT2D eigenvalue weighted by molar-refractivity contribution is 0.0847. The molecule has 28 heavy (non-hydrogen) atoms. The van der Waals surface area contributed by atoms with Crippen LogP contribution in [-0.2, 0) is 6.61 Å². The molecule has 1 amide bonds. The first-order valence-corrected chi connectivity index (χ1v) is 8.46. The van der Waals surface area contributed by atoms with E-state index in [0.29, 0.717) is 11.3 Å². The number of pyridine rings is 1. The molecular formula is C21H17FN2O4. The molecule has 0 aliphatic rings. The Morgan fingerprint density at radius 1 is 1.07 bits per heavy atom. The van der Waals surface area contributed by atoms with Gasteiger partial charge >= 0.3 is 0 Å². The molecule has 1 heterocycles. The molecular weight excluding hydrogens is 363 g/mol. The first-order valence-electron chi connectivity index (χ1n) is 8.46. The van der Waals surface area contributed by atoms with Crippen molar-refractivity contribution in [1.29, 1.82) is 0 Å². The van der Waals surface area contributed by atoms with E-state index in [0.717, 1.165) is 4.73 Å². The van der Waals surface area contributed by atoms with Crippen LogP contribution in [0.15, 0.2) is 71.7 Å². The van der Waals surface area contributed by atoms with E-state index in [2.05, 4.69) is 5.32 Å². The van der Waals surface area contributed by atoms with Crippen molar-refractivity contribution in [2.45, 2.75) is 13.5 Å². The molecule has 0 spiro atoms. The molecule has 7 heteroatoms. The minimum Gasteiger partial charge on any atom is -0.406 e. The SMILES string of the molecule is CC(=O)c1cccc(NC(=O)c2cccn(OCc3ccccc3F)c2=O)c1. The fourth-order valence-electron chi connectivity index (χ4n) is 2.52. The van der Waals surface area contributed by atoms with Gasteiger partial charge in [-0.2, -0.15) is 4.73 Å². The van der Waals surface area contributed by atoms with Gasteiger partial charge in [0.2, 0.25) is 0 Å². The molecule has 1 N–H and O–H groups in total. The number of nitrogens with zero attached hydrogens (tertiary/aromatic N) is 1. The number of hydrogen-bond donors (Lipinski definition) is 1. The number of ketones is 1. The van der Waals surface area contributed by atoms with Crippen molar-refractivity contribution in [3.05, 3.63) is 99.7 Å². The normalized spacial score (nSPS) is 10.4. The summed E-state index contributed by atoms with van der Waals surface area (Å²) in [4.78, 5) is 41.8. The second kappa shape index (κ2) is 8.30. The second-order valence-corrected chi connectivity index (χ2v) is 6.01. The van der Waals surface area contributed by atoms with Crippen LogP contribution >= 0.6 is 0 Å². The van der Waals surface area contributed by atoms with Gasteiger partial charge in [-0.15, -0.1) is 0 Å². The monoisotopic (exact) mass is 380 g/mol. The van der Waals surface area contributed by atoms with E-state index >= 15 is 0 Å². The van der Waals surface area contributed by atoms with Crippen LogP contribution in [0.25, 0.3) is 0 Å². The van der Waals surface area contributed by atoms with Gasteiger partial charge < -0.3 is 10.2 Å². The molecule has 0 fully saturated rings. The third-order valence-electron chi connectivity index (χ3n) is 4.00. The van der Waals surface area contributed by atoms with Crippen molar-refractivity contribution in [3.8, 4) is 0 Å². The van der Waals surface area contributed by atoms with Crippen molar-refractivity contribution >= 4 is 17.4 Å². The van der Waals surface area contributed by atoms with Gasteiger partial charge in [0.05, 0.1) is 0 Å². The molecule has 0 saturated carbocycles. The molecule has 6 nitrogen and oxygen atoms in total. The summed E-state index contributed by atoms with van der Waals surface area (Å²) in [5, 5.41) is 2.58. The van der Waals surface area contributed by atoms with Crippen molar-refractivity contribution in [2.75, 3.05) is 5.32 Å². The highest BCUT2D eigenvalue weighted by Crippen LogP contribution is 2.12. The summed E-state index contributed by atoms with van der Waals surface area (Å²) >= 11 is 0. The lowest BCUT2D eigenvalue weighted by Gasteiger charge is -2.11. The van der Waals surface area contributed by atoms with Gasteiger partial charge in [0.15, 0.2) is 5.78 Å². The molecule has 0 aliphatic heterocycles. The predicted molar refractivity (Wildman–Crippen MR) is 102 cm³/mol. The van der Waals surface area contributed by atoms with Crippen LogP contribution in [0.1, 0.15) is 33.2 Å². The first-order chi connectivity index (χ1) is 13.5. The van der Waals surface area contributed by atoms with Crippen LogP contribution in [0.4, 0.5) is 10.1 Å². The number of Topliss-reactive ketones (excluding diaryl/α,β-unsaturated/α-hetero) is 1. The van der Waals surface area contributed by atoms with Crippen molar-refractivity contribution in [2.24, 2.45) is 0 Å². The van der Waals surface area contributed by atoms with Crippen LogP contribution < -0.4 is 15.7 Å². The van der Waals surface area contributed by atoms with Gasteiger partial charge in [-0.3, -0.25) is 14.4 Å². The average molecular weight is 380 g/mol. The smallest absolute Gasteiger partial charge is 0.295 e. The number of benzene rings is 2. The van der Waals surface area contributed by atoms with E-state index in [4.69, 9.17) is 4.84 Å². The molecule has 0 atom stereocenters. The maximum absolute atomic E-state index is 13.7. The number of carbonyl (C=O) groups excluding carboxylic acids is 2. The standard InChI is InChI=1S/C21H17FN2O4/c1-14(25)15-7-4-8-17(12-15)23-20(26)18-9-5-11-24(21(18)27)28-13-16-6-2-3-10-19(16)22/h2-12H,13H2,1H3,(H,23,26). The summed E-state index contributed by atoms with van der Waals surface area (Å²) in [6.07, 6.45) is 1.34. The molecule has 3 aromatic rings. The molecule has 0 saturated heterocycles. The summed E-state index contributed by atoms with van der Waals surface area (Å²) in [7, 11) is 0. The minimum absolute atomic E-state index is 0.139. The summed E-state index contributed by atoms with van der Waals surface area (Å²) in [5.74, 6) is -1.23. The highest BCUT2D eigenvalue weighted by atomic mass is 19.1. The topological polar surface area (TPSA) is 77.4 Å². The number of carbonyl (C=O) groups is 2. The van der Waals surface area contributed by atoms with Crippen molar-refractivity contribution < 1.29 is 18.8 Å². The Labute approximate surface area is 160 Å². The van der Waals surface area contributed by atoms with Crippen LogP contribution in [0.5, 0.6) is 0 Å². The maximum Gasteiger partial charge on any atom is 0.295 e. The third kappa shape index (κ3) is 4.32. The molecule has 1 aromatic heterocycles. The largest absolute Gasteiger partial charge is 0.406 e. The van der Waals surface area contributed by atoms with Crippen LogP contribution in [0.3, 0.4) is 0 Å². The van der Waals surface area contributed by atoms with Gasteiger partial charge in [-0.25, -0.2) is 4.39 Å². The Bertz CT molecular complexity index is 1090. The number of aromatic nitrogens is 1. The van der Waals surface area contributed by atoms with E-state index in [1.165, 1.54) is 37.4 Å². The lowest BCUT2D eigenvalue weighted by atomic mass is 10.1.